The van der Waals surface area contributed by atoms with E-state index < -0.39 is 5.91 Å². The minimum Gasteiger partial charge on any atom is -0.366 e. The van der Waals surface area contributed by atoms with Crippen molar-refractivity contribution in [3.05, 3.63) is 53.7 Å². The molecular weight excluding hydrogens is 226 g/mol. The van der Waals surface area contributed by atoms with Crippen LogP contribution in [-0.4, -0.2) is 10.9 Å². The number of nitrogens with zero attached hydrogens (tertiary/aromatic N) is 1. The number of primary amides is 1. The predicted molar refractivity (Wildman–Crippen MR) is 71.9 cm³/mol. The molecule has 0 aliphatic carbocycles. The van der Waals surface area contributed by atoms with Crippen molar-refractivity contribution in [1.29, 1.82) is 0 Å². The Kier molecular flexibility index (Phi) is 3.57. The largest absolute Gasteiger partial charge is 0.366 e. The molecule has 1 heterocycles. The first kappa shape index (κ1) is 12.1. The quantitative estimate of drug-likeness (QED) is 0.864. The van der Waals surface area contributed by atoms with E-state index in [1.54, 1.807) is 12.3 Å². The second-order valence-electron chi connectivity index (χ2n) is 3.90. The molecule has 1 amide bonds. The number of pyridine rings is 1. The van der Waals surface area contributed by atoms with Gasteiger partial charge in [0, 0.05) is 6.20 Å². The second-order valence-corrected chi connectivity index (χ2v) is 3.90. The van der Waals surface area contributed by atoms with Gasteiger partial charge in [-0.2, -0.15) is 0 Å². The number of hydrogen-bond donors (Lipinski definition) is 2. The summed E-state index contributed by atoms with van der Waals surface area (Å²) in [4.78, 5) is 15.6. The van der Waals surface area contributed by atoms with E-state index in [0.717, 1.165) is 17.7 Å². The molecule has 0 fully saturated rings. The maximum absolute atomic E-state index is 11.4. The van der Waals surface area contributed by atoms with Crippen LogP contribution in [0.2, 0.25) is 0 Å². The van der Waals surface area contributed by atoms with Gasteiger partial charge in [-0.3, -0.25) is 4.79 Å². The van der Waals surface area contributed by atoms with Crippen LogP contribution in [0.4, 0.5) is 11.5 Å². The fourth-order valence-electron chi connectivity index (χ4n) is 1.81. The number of carbonyl (C=O) groups excluding carboxylic acids is 1. The number of rotatable bonds is 4. The lowest BCUT2D eigenvalue weighted by atomic mass is 10.0. The van der Waals surface area contributed by atoms with E-state index in [2.05, 4.69) is 10.3 Å². The van der Waals surface area contributed by atoms with Crippen molar-refractivity contribution < 1.29 is 4.79 Å². The summed E-state index contributed by atoms with van der Waals surface area (Å²) in [5.41, 5.74) is 7.66. The fourth-order valence-corrected chi connectivity index (χ4v) is 1.81. The van der Waals surface area contributed by atoms with Crippen LogP contribution in [0, 0.1) is 0 Å². The highest BCUT2D eigenvalue weighted by atomic mass is 16.1. The van der Waals surface area contributed by atoms with Crippen LogP contribution in [0.25, 0.3) is 0 Å². The molecule has 4 nitrogen and oxygen atoms in total. The van der Waals surface area contributed by atoms with Crippen molar-refractivity contribution in [2.24, 2.45) is 5.73 Å². The van der Waals surface area contributed by atoms with E-state index in [1.807, 2.05) is 37.3 Å². The highest BCUT2D eigenvalue weighted by Gasteiger charge is 2.11. The molecule has 0 unspecified atom stereocenters. The molecule has 1 aromatic carbocycles. The van der Waals surface area contributed by atoms with Gasteiger partial charge in [0.15, 0.2) is 0 Å². The van der Waals surface area contributed by atoms with Gasteiger partial charge in [-0.1, -0.05) is 25.1 Å². The van der Waals surface area contributed by atoms with Crippen molar-refractivity contribution in [3.8, 4) is 0 Å². The summed E-state index contributed by atoms with van der Waals surface area (Å²) in [7, 11) is 0. The molecule has 2 rings (SSSR count). The maximum atomic E-state index is 11.4. The fraction of sp³-hybridized carbons (Fsp3) is 0.143. The summed E-state index contributed by atoms with van der Waals surface area (Å²) in [5, 5.41) is 3.16. The summed E-state index contributed by atoms with van der Waals surface area (Å²) in [5.74, 6) is 0.254. The standard InChI is InChI=1S/C14H15N3O/c1-2-10-6-5-7-11(14(15)18)13(10)17-12-8-3-4-9-16-12/h3-9H,2H2,1H3,(H2,15,18)(H,16,17). The number of anilines is 2. The molecule has 0 saturated heterocycles. The zero-order chi connectivity index (χ0) is 13.0. The molecule has 92 valence electrons. The van der Waals surface area contributed by atoms with Crippen molar-refractivity contribution in [2.75, 3.05) is 5.32 Å². The van der Waals surface area contributed by atoms with Gasteiger partial charge in [0.1, 0.15) is 5.82 Å². The third kappa shape index (κ3) is 2.48. The molecule has 0 bridgehead atoms. The van der Waals surface area contributed by atoms with Gasteiger partial charge in [0.2, 0.25) is 0 Å². The van der Waals surface area contributed by atoms with Crippen molar-refractivity contribution in [2.45, 2.75) is 13.3 Å². The number of aromatic nitrogens is 1. The first-order valence-corrected chi connectivity index (χ1v) is 5.82. The zero-order valence-electron chi connectivity index (χ0n) is 10.2. The lowest BCUT2D eigenvalue weighted by Gasteiger charge is -2.13. The van der Waals surface area contributed by atoms with Gasteiger partial charge in [-0.05, 0) is 30.2 Å². The van der Waals surface area contributed by atoms with Crippen LogP contribution in [0.15, 0.2) is 42.6 Å². The molecule has 4 heteroatoms. The van der Waals surface area contributed by atoms with E-state index in [1.165, 1.54) is 0 Å². The number of para-hydroxylation sites is 1. The SMILES string of the molecule is CCc1cccc(C(N)=O)c1Nc1ccccn1. The van der Waals surface area contributed by atoms with E-state index in [0.29, 0.717) is 11.4 Å². The Morgan fingerprint density at radius 1 is 1.28 bits per heavy atom. The van der Waals surface area contributed by atoms with Crippen LogP contribution in [-0.2, 0) is 6.42 Å². The molecule has 0 atom stereocenters. The van der Waals surface area contributed by atoms with Crippen LogP contribution in [0.3, 0.4) is 0 Å². The van der Waals surface area contributed by atoms with Gasteiger partial charge >= 0.3 is 0 Å². The number of aryl methyl sites for hydroxylation is 1. The Morgan fingerprint density at radius 2 is 2.11 bits per heavy atom. The van der Waals surface area contributed by atoms with Crippen LogP contribution >= 0.6 is 0 Å². The first-order chi connectivity index (χ1) is 8.72. The normalized spacial score (nSPS) is 10.1. The number of amides is 1. The number of hydrogen-bond acceptors (Lipinski definition) is 3. The Bertz CT molecular complexity index is 552. The average Bonchev–Trinajstić information content (AvgIpc) is 2.40. The second kappa shape index (κ2) is 5.31. The van der Waals surface area contributed by atoms with Crippen LogP contribution in [0.1, 0.15) is 22.8 Å². The summed E-state index contributed by atoms with van der Waals surface area (Å²) in [6, 6.07) is 11.1. The summed E-state index contributed by atoms with van der Waals surface area (Å²) in [6.07, 6.45) is 2.51. The molecule has 3 N–H and O–H groups in total. The lowest BCUT2D eigenvalue weighted by Crippen LogP contribution is -2.14. The number of nitrogens with two attached hydrogens (primary N) is 1. The minimum absolute atomic E-state index is 0.441. The van der Waals surface area contributed by atoms with Crippen molar-refractivity contribution >= 4 is 17.4 Å². The van der Waals surface area contributed by atoms with Gasteiger partial charge < -0.3 is 11.1 Å². The summed E-state index contributed by atoms with van der Waals surface area (Å²) >= 11 is 0. The Hall–Kier alpha value is -2.36. The molecule has 0 saturated carbocycles. The molecular formula is C14H15N3O. The topological polar surface area (TPSA) is 68.0 Å². The number of benzene rings is 1. The summed E-state index contributed by atoms with van der Waals surface area (Å²) < 4.78 is 0. The van der Waals surface area contributed by atoms with Gasteiger partial charge in [-0.25, -0.2) is 4.98 Å². The van der Waals surface area contributed by atoms with Gasteiger partial charge in [0.25, 0.3) is 5.91 Å². The third-order valence-corrected chi connectivity index (χ3v) is 2.72. The van der Waals surface area contributed by atoms with E-state index in [4.69, 9.17) is 5.73 Å². The van der Waals surface area contributed by atoms with Crippen LogP contribution < -0.4 is 11.1 Å². The molecule has 18 heavy (non-hydrogen) atoms. The maximum Gasteiger partial charge on any atom is 0.250 e. The molecule has 0 radical (unpaired) electrons. The Balaban J connectivity index is 2.44. The molecule has 0 spiro atoms. The zero-order valence-corrected chi connectivity index (χ0v) is 10.2. The Labute approximate surface area is 106 Å². The highest BCUT2D eigenvalue weighted by Crippen LogP contribution is 2.24. The molecule has 1 aromatic heterocycles. The lowest BCUT2D eigenvalue weighted by molar-refractivity contribution is 0.100. The van der Waals surface area contributed by atoms with E-state index >= 15 is 0 Å². The molecule has 2 aromatic rings. The number of nitrogens with one attached hydrogen (secondary N) is 1. The van der Waals surface area contributed by atoms with Crippen molar-refractivity contribution in [1.82, 2.24) is 4.98 Å². The Morgan fingerprint density at radius 3 is 2.72 bits per heavy atom. The third-order valence-electron chi connectivity index (χ3n) is 2.72. The van der Waals surface area contributed by atoms with Gasteiger partial charge in [0.05, 0.1) is 11.3 Å². The monoisotopic (exact) mass is 241 g/mol. The average molecular weight is 241 g/mol. The minimum atomic E-state index is -0.441. The molecule has 0 aliphatic heterocycles. The number of carbonyl (C=O) groups is 1. The predicted octanol–water partition coefficient (Wildman–Crippen LogP) is 2.49. The van der Waals surface area contributed by atoms with Gasteiger partial charge in [-0.15, -0.1) is 0 Å². The van der Waals surface area contributed by atoms with E-state index in [9.17, 15) is 4.79 Å². The first-order valence-electron chi connectivity index (χ1n) is 5.82. The smallest absolute Gasteiger partial charge is 0.250 e. The highest BCUT2D eigenvalue weighted by molar-refractivity contribution is 5.99. The molecule has 0 aliphatic rings. The summed E-state index contributed by atoms with van der Waals surface area (Å²) in [6.45, 7) is 2.03. The van der Waals surface area contributed by atoms with Crippen LogP contribution in [0.5, 0.6) is 0 Å². The van der Waals surface area contributed by atoms with Crippen molar-refractivity contribution in [3.63, 3.8) is 0 Å². The van der Waals surface area contributed by atoms with E-state index in [-0.39, 0.29) is 0 Å².